The van der Waals surface area contributed by atoms with Crippen molar-refractivity contribution >= 4 is 21.6 Å². The van der Waals surface area contributed by atoms with Crippen LogP contribution >= 0.6 is 15.9 Å². The van der Waals surface area contributed by atoms with Crippen molar-refractivity contribution in [1.29, 1.82) is 0 Å². The molecule has 1 aromatic heterocycles. The van der Waals surface area contributed by atoms with Gasteiger partial charge in [-0.2, -0.15) is 5.10 Å². The summed E-state index contributed by atoms with van der Waals surface area (Å²) in [5, 5.41) is 16.7. The molecule has 5 nitrogen and oxygen atoms in total. The Hall–Kier alpha value is -1.32. The van der Waals surface area contributed by atoms with Crippen LogP contribution in [0, 0.1) is 17.8 Å². The minimum Gasteiger partial charge on any atom is -0.396 e. The van der Waals surface area contributed by atoms with Crippen LogP contribution in [0.1, 0.15) is 26.7 Å². The standard InChI is InChI=1S/C14H20BrN3O2/c1-4-7-18-13(20)12(15)11(8-17-18)16-9-14(5-2,6-3)10-19/h1,8,16,19H,5-7,9-10H2,2-3H3. The van der Waals surface area contributed by atoms with E-state index in [0.717, 1.165) is 12.8 Å². The Labute approximate surface area is 127 Å². The van der Waals surface area contributed by atoms with E-state index in [1.165, 1.54) is 4.68 Å². The summed E-state index contributed by atoms with van der Waals surface area (Å²) in [5.74, 6) is 2.38. The molecule has 20 heavy (non-hydrogen) atoms. The van der Waals surface area contributed by atoms with Gasteiger partial charge in [-0.3, -0.25) is 4.79 Å². The molecule has 0 saturated carbocycles. The monoisotopic (exact) mass is 341 g/mol. The van der Waals surface area contributed by atoms with Gasteiger partial charge < -0.3 is 10.4 Å². The second kappa shape index (κ2) is 7.46. The average molecular weight is 342 g/mol. The van der Waals surface area contributed by atoms with Crippen molar-refractivity contribution in [1.82, 2.24) is 9.78 Å². The Morgan fingerprint density at radius 1 is 1.55 bits per heavy atom. The number of halogens is 1. The molecule has 0 aliphatic rings. The summed E-state index contributed by atoms with van der Waals surface area (Å²) in [7, 11) is 0. The van der Waals surface area contributed by atoms with Gasteiger partial charge in [0.15, 0.2) is 0 Å². The highest BCUT2D eigenvalue weighted by Crippen LogP contribution is 2.27. The quantitative estimate of drug-likeness (QED) is 0.742. The normalized spacial score (nSPS) is 11.2. The third-order valence-electron chi connectivity index (χ3n) is 3.72. The Morgan fingerprint density at radius 3 is 2.70 bits per heavy atom. The van der Waals surface area contributed by atoms with Crippen molar-refractivity contribution < 1.29 is 5.11 Å². The van der Waals surface area contributed by atoms with Crippen molar-refractivity contribution in [3.63, 3.8) is 0 Å². The van der Waals surface area contributed by atoms with Crippen LogP contribution in [0.2, 0.25) is 0 Å². The maximum atomic E-state index is 12.0. The van der Waals surface area contributed by atoms with Crippen molar-refractivity contribution in [3.8, 4) is 12.3 Å². The van der Waals surface area contributed by atoms with Crippen molar-refractivity contribution in [2.45, 2.75) is 33.2 Å². The van der Waals surface area contributed by atoms with Crippen molar-refractivity contribution in [3.05, 3.63) is 21.0 Å². The van der Waals surface area contributed by atoms with Crippen LogP contribution in [0.25, 0.3) is 0 Å². The highest BCUT2D eigenvalue weighted by Gasteiger charge is 2.25. The van der Waals surface area contributed by atoms with Gasteiger partial charge in [0.25, 0.3) is 5.56 Å². The summed E-state index contributed by atoms with van der Waals surface area (Å²) < 4.78 is 1.62. The zero-order valence-electron chi connectivity index (χ0n) is 11.8. The molecule has 0 atom stereocenters. The number of anilines is 1. The van der Waals surface area contributed by atoms with E-state index in [1.807, 2.05) is 13.8 Å². The second-order valence-corrected chi connectivity index (χ2v) is 5.55. The number of rotatable bonds is 7. The number of nitrogens with zero attached hydrogens (tertiary/aromatic N) is 2. The summed E-state index contributed by atoms with van der Waals surface area (Å²) in [6.45, 7) is 4.91. The van der Waals surface area contributed by atoms with Crippen LogP contribution in [0.15, 0.2) is 15.5 Å². The maximum Gasteiger partial charge on any atom is 0.284 e. The van der Waals surface area contributed by atoms with Gasteiger partial charge in [-0.1, -0.05) is 19.8 Å². The smallest absolute Gasteiger partial charge is 0.284 e. The van der Waals surface area contributed by atoms with Gasteiger partial charge in [0.1, 0.15) is 11.0 Å². The largest absolute Gasteiger partial charge is 0.396 e. The molecule has 2 N–H and O–H groups in total. The van der Waals surface area contributed by atoms with Gasteiger partial charge in [-0.25, -0.2) is 4.68 Å². The number of aliphatic hydroxyl groups is 1. The molecular weight excluding hydrogens is 322 g/mol. The van der Waals surface area contributed by atoms with E-state index in [0.29, 0.717) is 16.7 Å². The lowest BCUT2D eigenvalue weighted by Crippen LogP contribution is -2.33. The van der Waals surface area contributed by atoms with Crippen LogP contribution in [0.3, 0.4) is 0 Å². The number of aliphatic hydroxyl groups excluding tert-OH is 1. The molecule has 0 fully saturated rings. The van der Waals surface area contributed by atoms with E-state index in [-0.39, 0.29) is 24.1 Å². The SMILES string of the molecule is C#CCn1ncc(NCC(CC)(CC)CO)c(Br)c1=O. The zero-order valence-corrected chi connectivity index (χ0v) is 13.4. The zero-order chi connectivity index (χ0) is 15.2. The van der Waals surface area contributed by atoms with E-state index in [2.05, 4.69) is 32.3 Å². The minimum absolute atomic E-state index is 0.103. The first-order valence-corrected chi connectivity index (χ1v) is 7.36. The fourth-order valence-electron chi connectivity index (χ4n) is 1.85. The first kappa shape index (κ1) is 16.7. The first-order valence-electron chi connectivity index (χ1n) is 6.57. The third-order valence-corrected chi connectivity index (χ3v) is 4.48. The van der Waals surface area contributed by atoms with Crippen molar-refractivity contribution in [2.24, 2.45) is 5.41 Å². The van der Waals surface area contributed by atoms with E-state index in [9.17, 15) is 9.90 Å². The van der Waals surface area contributed by atoms with Crippen LogP contribution in [0.5, 0.6) is 0 Å². The number of terminal acetylenes is 1. The highest BCUT2D eigenvalue weighted by molar-refractivity contribution is 9.10. The van der Waals surface area contributed by atoms with Gasteiger partial charge in [-0.05, 0) is 28.8 Å². The van der Waals surface area contributed by atoms with Gasteiger partial charge in [0.2, 0.25) is 0 Å². The highest BCUT2D eigenvalue weighted by atomic mass is 79.9. The van der Waals surface area contributed by atoms with Crippen LogP contribution in [0.4, 0.5) is 5.69 Å². The fraction of sp³-hybridized carbons (Fsp3) is 0.571. The van der Waals surface area contributed by atoms with Crippen LogP contribution in [-0.2, 0) is 6.54 Å². The lowest BCUT2D eigenvalue weighted by atomic mass is 9.83. The molecule has 0 amide bonds. The molecule has 0 spiro atoms. The lowest BCUT2D eigenvalue weighted by molar-refractivity contribution is 0.127. The molecule has 6 heteroatoms. The molecule has 0 aromatic carbocycles. The molecule has 0 unspecified atom stereocenters. The predicted molar refractivity (Wildman–Crippen MR) is 83.6 cm³/mol. The molecular formula is C14H20BrN3O2. The van der Waals surface area contributed by atoms with Crippen molar-refractivity contribution in [2.75, 3.05) is 18.5 Å². The molecule has 110 valence electrons. The maximum absolute atomic E-state index is 12.0. The average Bonchev–Trinajstić information content (AvgIpc) is 2.48. The van der Waals surface area contributed by atoms with Gasteiger partial charge in [0.05, 0.1) is 18.5 Å². The third kappa shape index (κ3) is 3.62. The Balaban J connectivity index is 2.92. The molecule has 1 rings (SSSR count). The van der Waals surface area contributed by atoms with E-state index < -0.39 is 0 Å². The van der Waals surface area contributed by atoms with E-state index in [4.69, 9.17) is 6.42 Å². The topological polar surface area (TPSA) is 67.2 Å². The lowest BCUT2D eigenvalue weighted by Gasteiger charge is -2.30. The van der Waals surface area contributed by atoms with Gasteiger partial charge >= 0.3 is 0 Å². The van der Waals surface area contributed by atoms with Gasteiger partial charge in [0, 0.05) is 12.0 Å². The summed E-state index contributed by atoms with van der Waals surface area (Å²) in [5.41, 5.74) is 0.158. The number of aromatic nitrogens is 2. The first-order chi connectivity index (χ1) is 9.53. The number of hydrogen-bond donors (Lipinski definition) is 2. The fourth-order valence-corrected chi connectivity index (χ4v) is 2.30. The summed E-state index contributed by atoms with van der Waals surface area (Å²) in [6, 6.07) is 0. The second-order valence-electron chi connectivity index (χ2n) is 4.76. The summed E-state index contributed by atoms with van der Waals surface area (Å²) >= 11 is 3.27. The number of hydrogen-bond acceptors (Lipinski definition) is 4. The molecule has 0 saturated heterocycles. The van der Waals surface area contributed by atoms with Gasteiger partial charge in [-0.15, -0.1) is 6.42 Å². The Bertz CT molecular complexity index is 536. The Morgan fingerprint density at radius 2 is 2.20 bits per heavy atom. The van der Waals surface area contributed by atoms with Crippen LogP contribution < -0.4 is 10.9 Å². The van der Waals surface area contributed by atoms with E-state index >= 15 is 0 Å². The van der Waals surface area contributed by atoms with E-state index in [1.54, 1.807) is 6.20 Å². The molecule has 0 bridgehead atoms. The predicted octanol–water partition coefficient (Wildman–Crippen LogP) is 1.85. The number of nitrogens with one attached hydrogen (secondary N) is 1. The Kier molecular flexibility index (Phi) is 6.24. The molecule has 1 aromatic rings. The minimum atomic E-state index is -0.268. The molecule has 0 aliphatic carbocycles. The molecule has 1 heterocycles. The summed E-state index contributed by atoms with van der Waals surface area (Å²) in [4.78, 5) is 12.0. The summed E-state index contributed by atoms with van der Waals surface area (Å²) in [6.07, 6.45) is 8.45. The van der Waals surface area contributed by atoms with Crippen LogP contribution in [-0.4, -0.2) is 28.0 Å². The molecule has 0 radical (unpaired) electrons. The molecule has 0 aliphatic heterocycles.